The zero-order chi connectivity index (χ0) is 17.0. The first-order valence-electron chi connectivity index (χ1n) is 6.83. The lowest BCUT2D eigenvalue weighted by molar-refractivity contribution is 0.474. The van der Waals surface area contributed by atoms with Gasteiger partial charge in [-0.15, -0.1) is 0 Å². The van der Waals surface area contributed by atoms with Gasteiger partial charge in [-0.05, 0) is 43.7 Å². The fourth-order valence-corrected chi connectivity index (χ4v) is 2.60. The van der Waals surface area contributed by atoms with Gasteiger partial charge in [-0.25, -0.2) is 9.99 Å². The summed E-state index contributed by atoms with van der Waals surface area (Å²) in [5, 5.41) is 25.0. The number of rotatable bonds is 4. The largest absolute Gasteiger partial charge is 0.507 e. The monoisotopic (exact) mass is 392 g/mol. The topological polar surface area (TPSA) is 72.5 Å². The maximum atomic E-state index is 9.84. The molecule has 118 valence electrons. The smallest absolute Gasteiger partial charge is 0.150 e. The van der Waals surface area contributed by atoms with Gasteiger partial charge in [-0.3, -0.25) is 0 Å². The fraction of sp³-hybridized carbons (Fsp3) is 0.188. The average Bonchev–Trinajstić information content (AvgIpc) is 2.51. The molecule has 0 saturated heterocycles. The third-order valence-corrected chi connectivity index (χ3v) is 3.93. The van der Waals surface area contributed by atoms with Gasteiger partial charge < -0.3 is 5.11 Å². The zero-order valence-corrected chi connectivity index (χ0v) is 14.9. The molecule has 0 spiro atoms. The maximum Gasteiger partial charge on any atom is 0.150 e. The number of phenols is 1. The number of aromatic hydroxyl groups is 1. The Morgan fingerprint density at radius 2 is 2.22 bits per heavy atom. The van der Waals surface area contributed by atoms with Crippen LogP contribution in [-0.4, -0.2) is 22.8 Å². The maximum absolute atomic E-state index is 9.84. The van der Waals surface area contributed by atoms with Gasteiger partial charge in [0.05, 0.1) is 11.8 Å². The molecule has 5 nitrogen and oxygen atoms in total. The van der Waals surface area contributed by atoms with Crippen molar-refractivity contribution in [1.29, 1.82) is 5.26 Å². The molecule has 0 saturated carbocycles. The van der Waals surface area contributed by atoms with E-state index >= 15 is 0 Å². The molecule has 23 heavy (non-hydrogen) atoms. The lowest BCUT2D eigenvalue weighted by Gasteiger charge is -2.17. The second kappa shape index (κ2) is 7.44. The van der Waals surface area contributed by atoms with Crippen LogP contribution >= 0.6 is 27.5 Å². The minimum Gasteiger partial charge on any atom is -0.507 e. The number of phenolic OH excluding ortho intramolecular Hbond substituents is 1. The molecule has 0 unspecified atom stereocenters. The third kappa shape index (κ3) is 4.01. The highest BCUT2D eigenvalue weighted by molar-refractivity contribution is 9.10. The number of nitriles is 1. The van der Waals surface area contributed by atoms with Gasteiger partial charge in [-0.2, -0.15) is 10.4 Å². The van der Waals surface area contributed by atoms with E-state index in [1.54, 1.807) is 42.4 Å². The minimum absolute atomic E-state index is 0.134. The lowest BCUT2D eigenvalue weighted by Crippen LogP contribution is -2.17. The van der Waals surface area contributed by atoms with Crippen molar-refractivity contribution in [3.63, 3.8) is 0 Å². The van der Waals surface area contributed by atoms with Crippen molar-refractivity contribution in [2.45, 2.75) is 13.8 Å². The quantitative estimate of drug-likeness (QED) is 0.479. The van der Waals surface area contributed by atoms with Gasteiger partial charge in [-0.1, -0.05) is 27.5 Å². The molecule has 1 aromatic heterocycles. The summed E-state index contributed by atoms with van der Waals surface area (Å²) in [5.41, 5.74) is 1.68. The molecule has 0 aliphatic rings. The molecule has 1 aromatic carbocycles. The van der Waals surface area contributed by atoms with E-state index in [1.807, 2.05) is 13.0 Å². The molecule has 1 N–H and O–H groups in total. The summed E-state index contributed by atoms with van der Waals surface area (Å²) in [6, 6.07) is 8.88. The molecule has 0 bridgehead atoms. The number of pyridine rings is 1. The SMILES string of the molecule is CCN(/N=C/c1cc(Br)ccc1O)c1cc(C)c(C#N)c(Cl)n1. The summed E-state index contributed by atoms with van der Waals surface area (Å²) in [4.78, 5) is 4.21. The first-order valence-corrected chi connectivity index (χ1v) is 8.00. The molecule has 2 rings (SSSR count). The number of halogens is 2. The van der Waals surface area contributed by atoms with Crippen molar-refractivity contribution >= 4 is 39.6 Å². The van der Waals surface area contributed by atoms with Crippen LogP contribution < -0.4 is 5.01 Å². The second-order valence-corrected chi connectivity index (χ2v) is 6.01. The minimum atomic E-state index is 0.134. The van der Waals surface area contributed by atoms with Crippen molar-refractivity contribution in [2.75, 3.05) is 11.6 Å². The van der Waals surface area contributed by atoms with Crippen molar-refractivity contribution < 1.29 is 5.11 Å². The van der Waals surface area contributed by atoms with Crippen LogP contribution in [0.5, 0.6) is 5.75 Å². The van der Waals surface area contributed by atoms with Crippen molar-refractivity contribution in [1.82, 2.24) is 4.98 Å². The highest BCUT2D eigenvalue weighted by Gasteiger charge is 2.11. The molecule has 0 amide bonds. The van der Waals surface area contributed by atoms with E-state index in [1.165, 1.54) is 0 Å². The van der Waals surface area contributed by atoms with Crippen LogP contribution in [0.3, 0.4) is 0 Å². The van der Waals surface area contributed by atoms with Crippen molar-refractivity contribution in [3.05, 3.63) is 50.6 Å². The molecule has 0 radical (unpaired) electrons. The van der Waals surface area contributed by atoms with E-state index in [0.29, 0.717) is 23.5 Å². The van der Waals surface area contributed by atoms with Gasteiger partial charge in [0.1, 0.15) is 17.0 Å². The molecule has 0 fully saturated rings. The summed E-state index contributed by atoms with van der Waals surface area (Å²) in [6.45, 7) is 4.27. The number of hydrazone groups is 1. The molecule has 0 aliphatic carbocycles. The van der Waals surface area contributed by atoms with Crippen molar-refractivity contribution in [3.8, 4) is 11.8 Å². The van der Waals surface area contributed by atoms with E-state index in [4.69, 9.17) is 16.9 Å². The molecule has 2 aromatic rings. The van der Waals surface area contributed by atoms with Gasteiger partial charge in [0, 0.05) is 16.6 Å². The van der Waals surface area contributed by atoms with Crippen LogP contribution in [0.1, 0.15) is 23.6 Å². The average molecular weight is 394 g/mol. The normalized spacial score (nSPS) is 10.7. The number of hydrogen-bond acceptors (Lipinski definition) is 5. The van der Waals surface area contributed by atoms with Crippen LogP contribution in [0, 0.1) is 18.3 Å². The number of aromatic nitrogens is 1. The Morgan fingerprint density at radius 3 is 2.83 bits per heavy atom. The summed E-state index contributed by atoms with van der Waals surface area (Å²) < 4.78 is 0.843. The molecule has 0 atom stereocenters. The number of hydrogen-bond donors (Lipinski definition) is 1. The van der Waals surface area contributed by atoms with E-state index in [0.717, 1.165) is 10.0 Å². The highest BCUT2D eigenvalue weighted by atomic mass is 79.9. The molecule has 1 heterocycles. The predicted molar refractivity (Wildman–Crippen MR) is 95.1 cm³/mol. The van der Waals surface area contributed by atoms with Gasteiger partial charge in [0.25, 0.3) is 0 Å². The Morgan fingerprint density at radius 1 is 1.48 bits per heavy atom. The molecular formula is C16H14BrClN4O. The zero-order valence-electron chi connectivity index (χ0n) is 12.6. The van der Waals surface area contributed by atoms with Crippen LogP contribution in [0.15, 0.2) is 33.8 Å². The first kappa shape index (κ1) is 17.3. The van der Waals surface area contributed by atoms with E-state index in [-0.39, 0.29) is 10.9 Å². The fourth-order valence-electron chi connectivity index (χ4n) is 1.95. The number of nitrogens with zero attached hydrogens (tertiary/aromatic N) is 4. The van der Waals surface area contributed by atoms with E-state index in [2.05, 4.69) is 26.0 Å². The van der Waals surface area contributed by atoms with Crippen molar-refractivity contribution in [2.24, 2.45) is 5.10 Å². The van der Waals surface area contributed by atoms with Gasteiger partial charge in [0.15, 0.2) is 5.82 Å². The predicted octanol–water partition coefficient (Wildman–Crippen LogP) is 4.24. The number of aryl methyl sites for hydroxylation is 1. The third-order valence-electron chi connectivity index (χ3n) is 3.16. The Balaban J connectivity index is 2.36. The summed E-state index contributed by atoms with van der Waals surface area (Å²) >= 11 is 9.39. The van der Waals surface area contributed by atoms with Gasteiger partial charge in [0.2, 0.25) is 0 Å². The lowest BCUT2D eigenvalue weighted by atomic mass is 10.2. The standard InChI is InChI=1S/C16H14BrClN4O/c1-3-22(15-6-10(2)13(8-19)16(18)21-15)20-9-11-7-12(17)4-5-14(11)23/h4-7,9,23H,3H2,1-2H3/b20-9+. The summed E-state index contributed by atoms with van der Waals surface area (Å²) in [7, 11) is 0. The molecule has 7 heteroatoms. The summed E-state index contributed by atoms with van der Waals surface area (Å²) in [5.74, 6) is 0.676. The van der Waals surface area contributed by atoms with Crippen LogP contribution in [-0.2, 0) is 0 Å². The highest BCUT2D eigenvalue weighted by Crippen LogP contribution is 2.24. The van der Waals surface area contributed by atoms with Crippen LogP contribution in [0.4, 0.5) is 5.82 Å². The molecular weight excluding hydrogens is 380 g/mol. The van der Waals surface area contributed by atoms with E-state index < -0.39 is 0 Å². The Labute approximate surface area is 148 Å². The van der Waals surface area contributed by atoms with Crippen LogP contribution in [0.25, 0.3) is 0 Å². The summed E-state index contributed by atoms with van der Waals surface area (Å²) in [6.07, 6.45) is 1.55. The number of anilines is 1. The van der Waals surface area contributed by atoms with E-state index in [9.17, 15) is 5.11 Å². The Hall–Kier alpha value is -2.10. The van der Waals surface area contributed by atoms with Gasteiger partial charge >= 0.3 is 0 Å². The van der Waals surface area contributed by atoms with Crippen LogP contribution in [0.2, 0.25) is 5.15 Å². The Bertz CT molecular complexity index is 778. The number of benzene rings is 1. The first-order chi connectivity index (χ1) is 11.0. The second-order valence-electron chi connectivity index (χ2n) is 4.74. The molecule has 0 aliphatic heterocycles. The Kier molecular flexibility index (Phi) is 5.59.